The van der Waals surface area contributed by atoms with Gasteiger partial charge in [-0.1, -0.05) is 57.4 Å². The fourth-order valence-corrected chi connectivity index (χ4v) is 2.52. The highest BCUT2D eigenvalue weighted by atomic mass is 16.5. The predicted octanol–water partition coefficient (Wildman–Crippen LogP) is 5.43. The molecule has 4 nitrogen and oxygen atoms in total. The van der Waals surface area contributed by atoms with E-state index in [1.807, 2.05) is 6.92 Å². The molecule has 0 aromatic carbocycles. The number of carbonyl (C=O) groups is 2. The molecule has 138 valence electrons. The number of ether oxygens (including phenoxy) is 1. The molecule has 0 rings (SSSR count). The number of carboxylic acid groups (broad SMARTS) is 1. The second kappa shape index (κ2) is 15.0. The number of esters is 1. The lowest BCUT2D eigenvalue weighted by Crippen LogP contribution is -2.17. The van der Waals surface area contributed by atoms with E-state index in [0.717, 1.165) is 49.8 Å². The van der Waals surface area contributed by atoms with Crippen LogP contribution in [-0.4, -0.2) is 23.1 Å². The zero-order valence-corrected chi connectivity index (χ0v) is 15.4. The van der Waals surface area contributed by atoms with Crippen molar-refractivity contribution in [3.63, 3.8) is 0 Å². The lowest BCUT2D eigenvalue weighted by molar-refractivity contribution is -0.144. The van der Waals surface area contributed by atoms with E-state index in [0.29, 0.717) is 0 Å². The third-order valence-corrected chi connectivity index (χ3v) is 3.92. The highest BCUT2D eigenvalue weighted by Gasteiger charge is 2.13. The summed E-state index contributed by atoms with van der Waals surface area (Å²) in [6.45, 7) is 8.06. The van der Waals surface area contributed by atoms with Crippen LogP contribution in [0.1, 0.15) is 84.5 Å². The zero-order chi connectivity index (χ0) is 18.2. The molecule has 0 saturated carbocycles. The molecule has 1 atom stereocenters. The molecule has 0 spiro atoms. The molecule has 0 aliphatic carbocycles. The molecule has 0 fully saturated rings. The average Bonchev–Trinajstić information content (AvgIpc) is 2.52. The third-order valence-electron chi connectivity index (χ3n) is 3.92. The van der Waals surface area contributed by atoms with Gasteiger partial charge in [-0.15, -0.1) is 6.58 Å². The first kappa shape index (κ1) is 22.4. The van der Waals surface area contributed by atoms with E-state index in [2.05, 4.69) is 13.5 Å². The smallest absolute Gasteiger partial charge is 0.331 e. The molecular weight excluding hydrogens is 304 g/mol. The molecule has 1 N–H and O–H groups in total. The molecule has 0 aromatic rings. The molecular formula is C20H34O4. The average molecular weight is 338 g/mol. The van der Waals surface area contributed by atoms with Crippen LogP contribution in [-0.2, 0) is 14.3 Å². The van der Waals surface area contributed by atoms with Gasteiger partial charge in [0.1, 0.15) is 6.10 Å². The molecule has 24 heavy (non-hydrogen) atoms. The summed E-state index contributed by atoms with van der Waals surface area (Å²) in [5, 5.41) is 8.54. The van der Waals surface area contributed by atoms with Crippen molar-refractivity contribution in [1.82, 2.24) is 0 Å². The minimum atomic E-state index is -1.14. The van der Waals surface area contributed by atoms with E-state index < -0.39 is 11.9 Å². The van der Waals surface area contributed by atoms with Crippen molar-refractivity contribution >= 4 is 11.9 Å². The van der Waals surface area contributed by atoms with Crippen molar-refractivity contribution in [3.8, 4) is 0 Å². The minimum absolute atomic E-state index is 0.160. The summed E-state index contributed by atoms with van der Waals surface area (Å²) in [7, 11) is 0. The summed E-state index contributed by atoms with van der Waals surface area (Å²) in [5.74, 6) is -1.72. The van der Waals surface area contributed by atoms with Crippen LogP contribution in [0.5, 0.6) is 0 Å². The second-order valence-electron chi connectivity index (χ2n) is 6.49. The summed E-state index contributed by atoms with van der Waals surface area (Å²) in [4.78, 5) is 22.1. The lowest BCUT2D eigenvalue weighted by Gasteiger charge is -2.17. The maximum atomic E-state index is 11.6. The van der Waals surface area contributed by atoms with Crippen LogP contribution in [0.3, 0.4) is 0 Å². The first-order valence-corrected chi connectivity index (χ1v) is 9.21. The standard InChI is InChI=1S/C20H34O4/c1-4-5-6-7-8-9-10-11-12-18(14-13-17(2)3)24-20(23)16-15-19(21)22/h15-16,18H,2,4-14H2,1,3H3,(H,21,22)/b16-15+. The number of carboxylic acids is 1. The quantitative estimate of drug-likeness (QED) is 0.187. The van der Waals surface area contributed by atoms with Crippen LogP contribution < -0.4 is 0 Å². The molecule has 0 bridgehead atoms. The molecule has 0 aromatic heterocycles. The number of hydrogen-bond acceptors (Lipinski definition) is 3. The van der Waals surface area contributed by atoms with Crippen molar-refractivity contribution in [2.24, 2.45) is 0 Å². The molecule has 0 aliphatic heterocycles. The summed E-state index contributed by atoms with van der Waals surface area (Å²) in [6.07, 6.45) is 13.9. The highest BCUT2D eigenvalue weighted by Crippen LogP contribution is 2.17. The topological polar surface area (TPSA) is 63.6 Å². The van der Waals surface area contributed by atoms with Gasteiger partial charge >= 0.3 is 11.9 Å². The van der Waals surface area contributed by atoms with Crippen LogP contribution in [0, 0.1) is 0 Å². The van der Waals surface area contributed by atoms with E-state index in [1.165, 1.54) is 38.5 Å². The molecule has 0 radical (unpaired) electrons. The lowest BCUT2D eigenvalue weighted by atomic mass is 10.0. The zero-order valence-electron chi connectivity index (χ0n) is 15.4. The van der Waals surface area contributed by atoms with Gasteiger partial charge in [0.05, 0.1) is 0 Å². The summed E-state index contributed by atoms with van der Waals surface area (Å²) in [5.41, 5.74) is 1.06. The Hall–Kier alpha value is -1.58. The van der Waals surface area contributed by atoms with E-state index >= 15 is 0 Å². The number of carbonyl (C=O) groups excluding carboxylic acids is 1. The van der Waals surface area contributed by atoms with E-state index in [9.17, 15) is 9.59 Å². The Morgan fingerprint density at radius 1 is 1.00 bits per heavy atom. The van der Waals surface area contributed by atoms with Crippen molar-refractivity contribution in [3.05, 3.63) is 24.3 Å². The number of allylic oxidation sites excluding steroid dienone is 1. The summed E-state index contributed by atoms with van der Waals surface area (Å²) >= 11 is 0. The van der Waals surface area contributed by atoms with Gasteiger partial charge in [0, 0.05) is 12.2 Å². The van der Waals surface area contributed by atoms with Crippen molar-refractivity contribution < 1.29 is 19.4 Å². The first-order valence-electron chi connectivity index (χ1n) is 9.21. The third kappa shape index (κ3) is 15.3. The van der Waals surface area contributed by atoms with E-state index in [-0.39, 0.29) is 6.10 Å². The van der Waals surface area contributed by atoms with Gasteiger partial charge in [-0.3, -0.25) is 0 Å². The van der Waals surface area contributed by atoms with Gasteiger partial charge in [-0.2, -0.15) is 0 Å². The number of aliphatic carboxylic acids is 1. The van der Waals surface area contributed by atoms with Crippen LogP contribution in [0.4, 0.5) is 0 Å². The SMILES string of the molecule is C=C(C)CCC(CCCCCCCCCC)OC(=O)/C=C/C(=O)O. The van der Waals surface area contributed by atoms with Crippen molar-refractivity contribution in [2.75, 3.05) is 0 Å². The van der Waals surface area contributed by atoms with Crippen LogP contribution in [0.2, 0.25) is 0 Å². The number of unbranched alkanes of at least 4 members (excludes halogenated alkanes) is 7. The minimum Gasteiger partial charge on any atom is -0.478 e. The fourth-order valence-electron chi connectivity index (χ4n) is 2.52. The van der Waals surface area contributed by atoms with Gasteiger partial charge in [0.15, 0.2) is 0 Å². The Balaban J connectivity index is 4.05. The Kier molecular flexibility index (Phi) is 14.0. The Bertz CT molecular complexity index is 398. The number of rotatable bonds is 15. The fraction of sp³-hybridized carbons (Fsp3) is 0.700. The van der Waals surface area contributed by atoms with Crippen molar-refractivity contribution in [1.29, 1.82) is 0 Å². The van der Waals surface area contributed by atoms with Gasteiger partial charge in [-0.25, -0.2) is 9.59 Å². The second-order valence-corrected chi connectivity index (χ2v) is 6.49. The molecule has 0 saturated heterocycles. The normalized spacial score (nSPS) is 12.2. The van der Waals surface area contributed by atoms with Crippen molar-refractivity contribution in [2.45, 2.75) is 90.6 Å². The molecule has 1 unspecified atom stereocenters. The van der Waals surface area contributed by atoms with E-state index in [4.69, 9.17) is 9.84 Å². The van der Waals surface area contributed by atoms with Crippen LogP contribution in [0.25, 0.3) is 0 Å². The maximum Gasteiger partial charge on any atom is 0.331 e. The Labute approximate surface area is 147 Å². The first-order chi connectivity index (χ1) is 11.5. The number of hydrogen-bond donors (Lipinski definition) is 1. The van der Waals surface area contributed by atoms with Crippen LogP contribution in [0.15, 0.2) is 24.3 Å². The van der Waals surface area contributed by atoms with Crippen LogP contribution >= 0.6 is 0 Å². The van der Waals surface area contributed by atoms with Gasteiger partial charge in [-0.05, 0) is 32.6 Å². The monoisotopic (exact) mass is 338 g/mol. The van der Waals surface area contributed by atoms with E-state index in [1.54, 1.807) is 0 Å². The molecule has 0 heterocycles. The van der Waals surface area contributed by atoms with Gasteiger partial charge in [0.2, 0.25) is 0 Å². The summed E-state index contributed by atoms with van der Waals surface area (Å²) < 4.78 is 5.38. The Morgan fingerprint density at radius 2 is 1.58 bits per heavy atom. The highest BCUT2D eigenvalue weighted by molar-refractivity contribution is 5.90. The molecule has 0 amide bonds. The van der Waals surface area contributed by atoms with Gasteiger partial charge in [0.25, 0.3) is 0 Å². The van der Waals surface area contributed by atoms with Gasteiger partial charge < -0.3 is 9.84 Å². The summed E-state index contributed by atoms with van der Waals surface area (Å²) in [6, 6.07) is 0. The Morgan fingerprint density at radius 3 is 2.12 bits per heavy atom. The largest absolute Gasteiger partial charge is 0.478 e. The maximum absolute atomic E-state index is 11.6. The molecule has 4 heteroatoms. The molecule has 0 aliphatic rings. The predicted molar refractivity (Wildman–Crippen MR) is 97.9 cm³/mol.